The van der Waals surface area contributed by atoms with Gasteiger partial charge < -0.3 is 14.5 Å². The van der Waals surface area contributed by atoms with Crippen LogP contribution in [0.15, 0.2) is 60.9 Å². The molecule has 2 aromatic carbocycles. The van der Waals surface area contributed by atoms with Crippen molar-refractivity contribution < 1.29 is 9.47 Å². The number of rotatable bonds is 3. The fraction of sp³-hybridized carbons (Fsp3) is 0.182. The van der Waals surface area contributed by atoms with E-state index >= 15 is 0 Å². The lowest BCUT2D eigenvalue weighted by Crippen LogP contribution is -2.20. The molecular formula is C22H19N3O2. The second-order valence-corrected chi connectivity index (χ2v) is 6.78. The zero-order valence-corrected chi connectivity index (χ0v) is 15.0. The summed E-state index contributed by atoms with van der Waals surface area (Å²) in [5, 5.41) is 0. The molecule has 0 radical (unpaired) electrons. The first-order valence-corrected chi connectivity index (χ1v) is 9.00. The number of hydrogen-bond acceptors (Lipinski definition) is 4. The molecule has 1 unspecified atom stereocenters. The molecule has 0 spiro atoms. The first-order valence-electron chi connectivity index (χ1n) is 9.00. The SMILES string of the molecule is COc1ccc2c(c1)CC(c1nc3ccc(-c4ccncc4)cc3[nH]1)CO2. The van der Waals surface area contributed by atoms with Crippen LogP contribution in [0.1, 0.15) is 17.3 Å². The summed E-state index contributed by atoms with van der Waals surface area (Å²) < 4.78 is 11.3. The quantitative estimate of drug-likeness (QED) is 0.592. The summed E-state index contributed by atoms with van der Waals surface area (Å²) in [4.78, 5) is 12.4. The van der Waals surface area contributed by atoms with Crippen molar-refractivity contribution in [1.82, 2.24) is 15.0 Å². The lowest BCUT2D eigenvalue weighted by Gasteiger charge is -2.24. The fourth-order valence-corrected chi connectivity index (χ4v) is 3.62. The van der Waals surface area contributed by atoms with Gasteiger partial charge in [0.25, 0.3) is 0 Å². The minimum absolute atomic E-state index is 0.196. The number of fused-ring (bicyclic) bond motifs is 2. The molecule has 1 aliphatic rings. The summed E-state index contributed by atoms with van der Waals surface area (Å²) in [5.41, 5.74) is 5.46. The van der Waals surface area contributed by atoms with Gasteiger partial charge in [0, 0.05) is 12.4 Å². The van der Waals surface area contributed by atoms with Gasteiger partial charge in [-0.3, -0.25) is 4.98 Å². The molecule has 4 aromatic rings. The highest BCUT2D eigenvalue weighted by Gasteiger charge is 2.24. The third-order valence-corrected chi connectivity index (χ3v) is 5.07. The van der Waals surface area contributed by atoms with E-state index in [9.17, 15) is 0 Å². The average Bonchev–Trinajstić information content (AvgIpc) is 3.17. The predicted molar refractivity (Wildman–Crippen MR) is 104 cm³/mol. The normalized spacial score (nSPS) is 16.0. The first-order chi connectivity index (χ1) is 13.3. The van der Waals surface area contributed by atoms with Crippen molar-refractivity contribution >= 4 is 11.0 Å². The van der Waals surface area contributed by atoms with Crippen molar-refractivity contribution in [1.29, 1.82) is 0 Å². The smallest absolute Gasteiger partial charge is 0.122 e. The maximum atomic E-state index is 5.96. The molecule has 1 aliphatic heterocycles. The lowest BCUT2D eigenvalue weighted by atomic mass is 9.96. The van der Waals surface area contributed by atoms with E-state index in [-0.39, 0.29) is 5.92 Å². The van der Waals surface area contributed by atoms with E-state index in [1.54, 1.807) is 7.11 Å². The van der Waals surface area contributed by atoms with Gasteiger partial charge in [-0.05, 0) is 65.6 Å². The molecule has 5 heteroatoms. The molecule has 2 aromatic heterocycles. The summed E-state index contributed by atoms with van der Waals surface area (Å²) in [6, 6.07) is 16.3. The molecular weight excluding hydrogens is 338 g/mol. The largest absolute Gasteiger partial charge is 0.497 e. The molecule has 0 saturated heterocycles. The Morgan fingerprint density at radius 3 is 2.78 bits per heavy atom. The van der Waals surface area contributed by atoms with Crippen LogP contribution in [0, 0.1) is 0 Å². The fourth-order valence-electron chi connectivity index (χ4n) is 3.62. The van der Waals surface area contributed by atoms with Gasteiger partial charge >= 0.3 is 0 Å². The van der Waals surface area contributed by atoms with Crippen LogP contribution >= 0.6 is 0 Å². The highest BCUT2D eigenvalue weighted by molar-refractivity contribution is 5.82. The van der Waals surface area contributed by atoms with E-state index in [1.807, 2.05) is 42.7 Å². The Bertz CT molecular complexity index is 1110. The number of pyridine rings is 1. The number of hydrogen-bond donors (Lipinski definition) is 1. The Balaban J connectivity index is 1.47. The van der Waals surface area contributed by atoms with Crippen LogP contribution in [-0.2, 0) is 6.42 Å². The number of aromatic amines is 1. The Hall–Kier alpha value is -3.34. The number of methoxy groups -OCH3 is 1. The summed E-state index contributed by atoms with van der Waals surface area (Å²) in [6.45, 7) is 0.621. The maximum absolute atomic E-state index is 5.96. The molecule has 27 heavy (non-hydrogen) atoms. The van der Waals surface area contributed by atoms with Gasteiger partial charge in [0.2, 0.25) is 0 Å². The summed E-state index contributed by atoms with van der Waals surface area (Å²) in [6.07, 6.45) is 4.50. The molecule has 1 N–H and O–H groups in total. The standard InChI is InChI=1S/C22H19N3O2/c1-26-18-3-5-21-16(11-18)10-17(13-27-21)22-24-19-4-2-15(12-20(19)25-22)14-6-8-23-9-7-14/h2-9,11-12,17H,10,13H2,1H3,(H,24,25). The van der Waals surface area contributed by atoms with Crippen molar-refractivity contribution in [3.8, 4) is 22.6 Å². The number of ether oxygens (including phenoxy) is 2. The number of nitrogens with one attached hydrogen (secondary N) is 1. The molecule has 5 nitrogen and oxygen atoms in total. The second kappa shape index (κ2) is 6.43. The highest BCUT2D eigenvalue weighted by atomic mass is 16.5. The van der Waals surface area contributed by atoms with Gasteiger partial charge in [0.1, 0.15) is 17.3 Å². The Morgan fingerprint density at radius 1 is 1.04 bits per heavy atom. The number of aromatic nitrogens is 3. The van der Waals surface area contributed by atoms with Crippen molar-refractivity contribution in [2.75, 3.05) is 13.7 Å². The second-order valence-electron chi connectivity index (χ2n) is 6.78. The van der Waals surface area contributed by atoms with Crippen LogP contribution in [-0.4, -0.2) is 28.7 Å². The van der Waals surface area contributed by atoms with Gasteiger partial charge in [0.05, 0.1) is 30.7 Å². The van der Waals surface area contributed by atoms with Crippen LogP contribution < -0.4 is 9.47 Å². The van der Waals surface area contributed by atoms with E-state index in [0.717, 1.165) is 51.5 Å². The minimum Gasteiger partial charge on any atom is -0.497 e. The van der Waals surface area contributed by atoms with Crippen LogP contribution in [0.4, 0.5) is 0 Å². The number of benzene rings is 2. The Kier molecular flexibility index (Phi) is 3.78. The van der Waals surface area contributed by atoms with Crippen molar-refractivity contribution in [3.63, 3.8) is 0 Å². The van der Waals surface area contributed by atoms with E-state index in [4.69, 9.17) is 14.5 Å². The Labute approximate surface area is 157 Å². The van der Waals surface area contributed by atoms with E-state index in [2.05, 4.69) is 28.2 Å². The molecule has 134 valence electrons. The monoisotopic (exact) mass is 357 g/mol. The van der Waals surface area contributed by atoms with Crippen LogP contribution in [0.3, 0.4) is 0 Å². The molecule has 0 amide bonds. The van der Waals surface area contributed by atoms with Gasteiger partial charge in [-0.1, -0.05) is 6.07 Å². The summed E-state index contributed by atoms with van der Waals surface area (Å²) >= 11 is 0. The first kappa shape index (κ1) is 15.9. The predicted octanol–water partition coefficient (Wildman–Crippen LogP) is 4.35. The van der Waals surface area contributed by atoms with Crippen molar-refractivity contribution in [2.45, 2.75) is 12.3 Å². The highest BCUT2D eigenvalue weighted by Crippen LogP contribution is 2.34. The number of nitrogens with zero attached hydrogens (tertiary/aromatic N) is 2. The number of H-pyrrole nitrogens is 1. The zero-order chi connectivity index (χ0) is 18.2. The molecule has 3 heterocycles. The van der Waals surface area contributed by atoms with E-state index < -0.39 is 0 Å². The zero-order valence-electron chi connectivity index (χ0n) is 15.0. The van der Waals surface area contributed by atoms with Crippen molar-refractivity contribution in [3.05, 3.63) is 72.3 Å². The van der Waals surface area contributed by atoms with Crippen LogP contribution in [0.5, 0.6) is 11.5 Å². The van der Waals surface area contributed by atoms with E-state index in [0.29, 0.717) is 6.61 Å². The molecule has 0 saturated carbocycles. The number of imidazole rings is 1. The molecule has 0 aliphatic carbocycles. The van der Waals surface area contributed by atoms with Gasteiger partial charge in [-0.2, -0.15) is 0 Å². The third kappa shape index (κ3) is 2.91. The van der Waals surface area contributed by atoms with Gasteiger partial charge in [0.15, 0.2) is 0 Å². The average molecular weight is 357 g/mol. The minimum atomic E-state index is 0.196. The molecule has 0 fully saturated rings. The van der Waals surface area contributed by atoms with Gasteiger partial charge in [-0.15, -0.1) is 0 Å². The third-order valence-electron chi connectivity index (χ3n) is 5.07. The topological polar surface area (TPSA) is 60.0 Å². The van der Waals surface area contributed by atoms with Crippen molar-refractivity contribution in [2.24, 2.45) is 0 Å². The molecule has 5 rings (SSSR count). The molecule has 1 atom stereocenters. The maximum Gasteiger partial charge on any atom is 0.122 e. The Morgan fingerprint density at radius 2 is 1.93 bits per heavy atom. The molecule has 0 bridgehead atoms. The van der Waals surface area contributed by atoms with E-state index in [1.165, 1.54) is 0 Å². The van der Waals surface area contributed by atoms with Crippen LogP contribution in [0.2, 0.25) is 0 Å². The lowest BCUT2D eigenvalue weighted by molar-refractivity contribution is 0.257. The van der Waals surface area contributed by atoms with Crippen LogP contribution in [0.25, 0.3) is 22.2 Å². The van der Waals surface area contributed by atoms with Gasteiger partial charge in [-0.25, -0.2) is 4.98 Å². The summed E-state index contributed by atoms with van der Waals surface area (Å²) in [5.74, 6) is 2.94. The summed E-state index contributed by atoms with van der Waals surface area (Å²) in [7, 11) is 1.68.